The Morgan fingerprint density at radius 3 is 2.39 bits per heavy atom. The van der Waals surface area contributed by atoms with E-state index < -0.39 is 29.7 Å². The predicted molar refractivity (Wildman–Crippen MR) is 140 cm³/mol. The molecule has 0 spiro atoms. The molecule has 2 heterocycles. The van der Waals surface area contributed by atoms with Crippen LogP contribution in [0.3, 0.4) is 0 Å². The molecule has 2 aliphatic heterocycles. The molecule has 11 nitrogen and oxygen atoms in total. The first-order valence-electron chi connectivity index (χ1n) is 12.2. The summed E-state index contributed by atoms with van der Waals surface area (Å²) >= 11 is 5.93. The molecule has 0 aromatic heterocycles. The fourth-order valence-corrected chi connectivity index (χ4v) is 4.54. The van der Waals surface area contributed by atoms with Gasteiger partial charge in [0.05, 0.1) is 19.8 Å². The van der Waals surface area contributed by atoms with Gasteiger partial charge in [-0.3, -0.25) is 9.59 Å². The summed E-state index contributed by atoms with van der Waals surface area (Å²) in [6.07, 6.45) is -1.56. The number of hydrogen-bond acceptors (Lipinski definition) is 7. The van der Waals surface area contributed by atoms with E-state index in [2.05, 4.69) is 10.6 Å². The molecule has 202 valence electrons. The van der Waals surface area contributed by atoms with E-state index in [1.165, 1.54) is 4.90 Å². The Bertz CT molecular complexity index is 1190. The van der Waals surface area contributed by atoms with Gasteiger partial charge in [-0.2, -0.15) is 0 Å². The summed E-state index contributed by atoms with van der Waals surface area (Å²) in [4.78, 5) is 53.8. The second-order valence-electron chi connectivity index (χ2n) is 9.05. The number of halogens is 1. The van der Waals surface area contributed by atoms with Crippen molar-refractivity contribution in [1.29, 1.82) is 0 Å². The topological polar surface area (TPSA) is 127 Å². The number of benzene rings is 2. The summed E-state index contributed by atoms with van der Waals surface area (Å²) in [5, 5.41) is 6.12. The van der Waals surface area contributed by atoms with Crippen LogP contribution in [-0.4, -0.2) is 73.5 Å². The lowest BCUT2D eigenvalue weighted by Gasteiger charge is -2.33. The van der Waals surface area contributed by atoms with Crippen molar-refractivity contribution >= 4 is 52.7 Å². The van der Waals surface area contributed by atoms with E-state index in [0.29, 0.717) is 35.2 Å². The van der Waals surface area contributed by atoms with Crippen molar-refractivity contribution in [2.45, 2.75) is 31.9 Å². The third kappa shape index (κ3) is 6.17. The summed E-state index contributed by atoms with van der Waals surface area (Å²) in [6.45, 7) is 4.31. The Kier molecular flexibility index (Phi) is 8.38. The quantitative estimate of drug-likeness (QED) is 0.528. The highest BCUT2D eigenvalue weighted by Crippen LogP contribution is 2.33. The average molecular weight is 545 g/mol. The summed E-state index contributed by atoms with van der Waals surface area (Å²) in [6, 6.07) is 12.8. The van der Waals surface area contributed by atoms with Crippen molar-refractivity contribution < 1.29 is 33.4 Å². The Morgan fingerprint density at radius 2 is 1.74 bits per heavy atom. The Morgan fingerprint density at radius 1 is 1.08 bits per heavy atom. The highest BCUT2D eigenvalue weighted by atomic mass is 35.5. The number of likely N-dealkylation sites (tertiary alicyclic amines) is 1. The summed E-state index contributed by atoms with van der Waals surface area (Å²) in [5.41, 5.74) is 0.306. The van der Waals surface area contributed by atoms with Crippen LogP contribution in [0, 0.1) is 0 Å². The van der Waals surface area contributed by atoms with Gasteiger partial charge in [-0.05, 0) is 62.4 Å². The third-order valence-corrected chi connectivity index (χ3v) is 6.64. The van der Waals surface area contributed by atoms with Crippen LogP contribution in [0.5, 0.6) is 0 Å². The van der Waals surface area contributed by atoms with Crippen LogP contribution >= 0.6 is 11.6 Å². The molecule has 2 fully saturated rings. The van der Waals surface area contributed by atoms with Crippen LogP contribution in [0.4, 0.5) is 26.7 Å². The number of carbonyl (C=O) groups excluding carboxylic acids is 4. The summed E-state index contributed by atoms with van der Waals surface area (Å²) in [5.74, 6) is -0.601. The Balaban J connectivity index is 1.50. The maximum absolute atomic E-state index is 13.5. The van der Waals surface area contributed by atoms with Gasteiger partial charge >= 0.3 is 12.2 Å². The Hall–Kier alpha value is -3.83. The molecule has 0 aliphatic carbocycles. The molecule has 0 radical (unpaired) electrons. The van der Waals surface area contributed by atoms with Gasteiger partial charge in [0, 0.05) is 35.1 Å². The van der Waals surface area contributed by atoms with Gasteiger partial charge in [-0.25, -0.2) is 9.59 Å². The zero-order valence-electron chi connectivity index (χ0n) is 21.1. The first kappa shape index (κ1) is 27.2. The van der Waals surface area contributed by atoms with E-state index in [1.807, 2.05) is 0 Å². The number of nitrogens with zero attached hydrogens (tertiary/aromatic N) is 2. The van der Waals surface area contributed by atoms with Crippen molar-refractivity contribution in [3.8, 4) is 0 Å². The minimum atomic E-state index is -1.35. The molecular formula is C26H29ClN4O7. The number of anilines is 3. The molecular weight excluding hydrogens is 516 g/mol. The van der Waals surface area contributed by atoms with Gasteiger partial charge in [0.2, 0.25) is 5.91 Å². The van der Waals surface area contributed by atoms with Crippen LogP contribution in [0.1, 0.15) is 20.3 Å². The minimum absolute atomic E-state index is 0.0137. The van der Waals surface area contributed by atoms with Crippen molar-refractivity contribution in [3.63, 3.8) is 0 Å². The van der Waals surface area contributed by atoms with Gasteiger partial charge in [0.15, 0.2) is 0 Å². The van der Waals surface area contributed by atoms with E-state index in [1.54, 1.807) is 67.3 Å². The molecule has 2 atom stereocenters. The number of morpholine rings is 1. The smallest absolute Gasteiger partial charge is 0.435 e. The second kappa shape index (κ2) is 11.7. The van der Waals surface area contributed by atoms with E-state index >= 15 is 0 Å². The predicted octanol–water partition coefficient (Wildman–Crippen LogP) is 3.88. The molecule has 2 aromatic carbocycles. The molecule has 0 unspecified atom stereocenters. The standard InChI is InChI=1S/C26H29ClN4O7/c1-3-37-25(35)38-21-14-26(2,31(15-21)24(34)29-19-6-4-17(27)5-7-19)23(33)28-18-8-10-20(11-9-18)30-12-13-36-16-22(30)32/h4-11,21H,3,12-16H2,1-2H3,(H,28,33)(H,29,34)/t21-,26-/m1/s1. The Labute approximate surface area is 224 Å². The summed E-state index contributed by atoms with van der Waals surface area (Å²) < 4.78 is 15.4. The zero-order valence-corrected chi connectivity index (χ0v) is 21.8. The fraction of sp³-hybridized carbons (Fsp3) is 0.385. The van der Waals surface area contributed by atoms with Crippen molar-refractivity contribution in [2.24, 2.45) is 0 Å². The molecule has 4 amide bonds. The van der Waals surface area contributed by atoms with Gasteiger partial charge in [-0.1, -0.05) is 11.6 Å². The monoisotopic (exact) mass is 544 g/mol. The van der Waals surface area contributed by atoms with Gasteiger partial charge in [-0.15, -0.1) is 0 Å². The average Bonchev–Trinajstić information content (AvgIpc) is 3.23. The molecule has 2 aliphatic rings. The van der Waals surface area contributed by atoms with Gasteiger partial charge in [0.25, 0.3) is 5.91 Å². The second-order valence-corrected chi connectivity index (χ2v) is 9.48. The van der Waals surface area contributed by atoms with Crippen LogP contribution in [0.25, 0.3) is 0 Å². The van der Waals surface area contributed by atoms with E-state index in [-0.39, 0.29) is 32.1 Å². The first-order valence-corrected chi connectivity index (χ1v) is 12.5. The van der Waals surface area contributed by atoms with Crippen molar-refractivity contribution in [2.75, 3.05) is 48.4 Å². The van der Waals surface area contributed by atoms with Gasteiger partial charge in [0.1, 0.15) is 18.2 Å². The molecule has 12 heteroatoms. The molecule has 2 N–H and O–H groups in total. The normalized spacial score (nSPS) is 21.1. The highest BCUT2D eigenvalue weighted by Gasteiger charge is 2.51. The SMILES string of the molecule is CCOC(=O)O[C@H]1CN(C(=O)Nc2ccc(Cl)cc2)[C@@](C)(C(=O)Nc2ccc(N3CCOCC3=O)cc2)C1. The number of hydrogen-bond donors (Lipinski definition) is 2. The largest absolute Gasteiger partial charge is 0.508 e. The molecule has 2 saturated heterocycles. The number of urea groups is 1. The number of amides is 4. The number of nitrogens with one attached hydrogen (secondary N) is 2. The molecule has 0 saturated carbocycles. The minimum Gasteiger partial charge on any atom is -0.435 e. The fourth-order valence-electron chi connectivity index (χ4n) is 4.42. The highest BCUT2D eigenvalue weighted by molar-refractivity contribution is 6.30. The number of rotatable bonds is 6. The maximum Gasteiger partial charge on any atom is 0.508 e. The lowest BCUT2D eigenvalue weighted by atomic mass is 9.96. The first-order chi connectivity index (χ1) is 18.2. The van der Waals surface area contributed by atoms with E-state index in [9.17, 15) is 19.2 Å². The van der Waals surface area contributed by atoms with Gasteiger partial charge < -0.3 is 34.6 Å². The summed E-state index contributed by atoms with van der Waals surface area (Å²) in [7, 11) is 0. The lowest BCUT2D eigenvalue weighted by molar-refractivity contribution is -0.126. The van der Waals surface area contributed by atoms with Crippen LogP contribution in [0.2, 0.25) is 5.02 Å². The van der Waals surface area contributed by atoms with Crippen LogP contribution in [-0.2, 0) is 23.8 Å². The number of carbonyl (C=O) groups is 4. The zero-order chi connectivity index (χ0) is 27.3. The van der Waals surface area contributed by atoms with Crippen molar-refractivity contribution in [1.82, 2.24) is 4.90 Å². The molecule has 2 aromatic rings. The van der Waals surface area contributed by atoms with Crippen molar-refractivity contribution in [3.05, 3.63) is 53.6 Å². The molecule has 4 rings (SSSR count). The van der Waals surface area contributed by atoms with E-state index in [4.69, 9.17) is 25.8 Å². The van der Waals surface area contributed by atoms with Crippen LogP contribution in [0.15, 0.2) is 48.5 Å². The molecule has 0 bridgehead atoms. The molecule has 38 heavy (non-hydrogen) atoms. The van der Waals surface area contributed by atoms with E-state index in [0.717, 1.165) is 0 Å². The maximum atomic E-state index is 13.5. The lowest BCUT2D eigenvalue weighted by Crippen LogP contribution is -2.54. The third-order valence-electron chi connectivity index (χ3n) is 6.38. The number of ether oxygens (including phenoxy) is 3. The van der Waals surface area contributed by atoms with Crippen LogP contribution < -0.4 is 15.5 Å².